The van der Waals surface area contributed by atoms with Crippen molar-refractivity contribution >= 4 is 23.2 Å². The van der Waals surface area contributed by atoms with E-state index in [1.54, 1.807) is 18.8 Å². The summed E-state index contributed by atoms with van der Waals surface area (Å²) in [4.78, 5) is 37.7. The van der Waals surface area contributed by atoms with Crippen LogP contribution in [0, 0.1) is 0 Å². The summed E-state index contributed by atoms with van der Waals surface area (Å²) in [6.45, 7) is 0.0733. The molecular weight excluding hydrogens is 751 g/mol. The second kappa shape index (κ2) is 15.9. The zero-order valence-electron chi connectivity index (χ0n) is 32.3. The summed E-state index contributed by atoms with van der Waals surface area (Å²) in [5.74, 6) is 1.13. The number of anilines is 1. The number of imidazole rings is 1. The largest absolute Gasteiger partial charge is 0.497 e. The van der Waals surface area contributed by atoms with Crippen molar-refractivity contribution in [3.8, 4) is 22.6 Å². The van der Waals surface area contributed by atoms with Gasteiger partial charge in [-0.2, -0.15) is 4.98 Å². The monoisotopic (exact) mass is 791 g/mol. The summed E-state index contributed by atoms with van der Waals surface area (Å²) >= 11 is 0. The molecule has 9 rings (SSSR count). The maximum atomic E-state index is 13.2. The number of nitrogens with one attached hydrogen (secondary N) is 2. The lowest BCUT2D eigenvalue weighted by Gasteiger charge is -2.37. The van der Waals surface area contributed by atoms with E-state index in [0.717, 1.165) is 38.9 Å². The second-order valence-electron chi connectivity index (χ2n) is 14.4. The average molecular weight is 792 g/mol. The number of H-pyrrole nitrogens is 1. The molecule has 1 saturated heterocycles. The number of fused-ring (bicyclic) bond motifs is 4. The average Bonchev–Trinajstić information content (AvgIpc) is 3.97. The highest BCUT2D eigenvalue weighted by Crippen LogP contribution is 2.45. The highest BCUT2D eigenvalue weighted by atomic mass is 16.6. The van der Waals surface area contributed by atoms with E-state index in [4.69, 9.17) is 23.7 Å². The van der Waals surface area contributed by atoms with Crippen molar-refractivity contribution in [3.63, 3.8) is 0 Å². The smallest absolute Gasteiger partial charge is 0.414 e. The fourth-order valence-corrected chi connectivity index (χ4v) is 8.24. The van der Waals surface area contributed by atoms with E-state index < -0.39 is 35.7 Å². The van der Waals surface area contributed by atoms with Gasteiger partial charge in [-0.15, -0.1) is 0 Å². The first-order valence-electron chi connectivity index (χ1n) is 19.3. The molecule has 13 nitrogen and oxygen atoms in total. The molecule has 0 saturated carbocycles. The van der Waals surface area contributed by atoms with Crippen molar-refractivity contribution in [3.05, 3.63) is 172 Å². The number of hydrogen-bond donors (Lipinski definition) is 3. The number of nitrogens with zero attached hydrogens (tertiary/aromatic N) is 3. The molecule has 0 radical (unpaired) electrons. The van der Waals surface area contributed by atoms with Crippen LogP contribution in [0.25, 0.3) is 22.3 Å². The van der Waals surface area contributed by atoms with Crippen LogP contribution in [0.2, 0.25) is 0 Å². The number of benzene rings is 5. The minimum absolute atomic E-state index is 0.0140. The van der Waals surface area contributed by atoms with Crippen LogP contribution in [0.5, 0.6) is 11.5 Å². The molecule has 3 heterocycles. The van der Waals surface area contributed by atoms with Crippen LogP contribution in [0.3, 0.4) is 0 Å². The van der Waals surface area contributed by atoms with Crippen molar-refractivity contribution in [2.75, 3.05) is 32.8 Å². The fourth-order valence-electron chi connectivity index (χ4n) is 8.24. The first kappa shape index (κ1) is 37.8. The first-order chi connectivity index (χ1) is 28.9. The minimum atomic E-state index is -1.13. The van der Waals surface area contributed by atoms with E-state index >= 15 is 0 Å². The number of aliphatic hydroxyl groups is 1. The van der Waals surface area contributed by atoms with Crippen LogP contribution in [-0.4, -0.2) is 70.4 Å². The highest BCUT2D eigenvalue weighted by Gasteiger charge is 2.42. The van der Waals surface area contributed by atoms with Gasteiger partial charge in [0.05, 0.1) is 33.3 Å². The van der Waals surface area contributed by atoms with E-state index in [-0.39, 0.29) is 42.7 Å². The Labute approximate surface area is 339 Å². The summed E-state index contributed by atoms with van der Waals surface area (Å²) in [6, 6.07) is 41.3. The molecule has 1 fully saturated rings. The molecule has 0 unspecified atom stereocenters. The Bertz CT molecular complexity index is 2570. The molecule has 5 aromatic carbocycles. The first-order valence-corrected chi connectivity index (χ1v) is 19.3. The molecule has 0 bridgehead atoms. The lowest BCUT2D eigenvalue weighted by Crippen LogP contribution is -2.38. The maximum absolute atomic E-state index is 13.2. The zero-order valence-corrected chi connectivity index (χ0v) is 32.3. The summed E-state index contributed by atoms with van der Waals surface area (Å²) in [6.07, 6.45) is -1.66. The molecule has 7 aromatic rings. The van der Waals surface area contributed by atoms with Gasteiger partial charge in [-0.05, 0) is 63.2 Å². The third-order valence-electron chi connectivity index (χ3n) is 11.1. The van der Waals surface area contributed by atoms with Gasteiger partial charge in [-0.1, -0.05) is 103 Å². The number of aliphatic hydroxyl groups excluding tert-OH is 1. The molecule has 1 amide bonds. The number of amides is 1. The number of aromatic amines is 1. The topological polar surface area (TPSA) is 159 Å². The minimum Gasteiger partial charge on any atom is -0.497 e. The number of rotatable bonds is 12. The van der Waals surface area contributed by atoms with Crippen molar-refractivity contribution in [2.24, 2.45) is 0 Å². The number of carbonyl (C=O) groups excluding carboxylic acids is 1. The molecular formula is C46H41N5O8. The van der Waals surface area contributed by atoms with Gasteiger partial charge < -0.3 is 28.8 Å². The maximum Gasteiger partial charge on any atom is 0.414 e. The molecule has 3 N–H and O–H groups in total. The van der Waals surface area contributed by atoms with Crippen LogP contribution >= 0.6 is 0 Å². The molecule has 3 atom stereocenters. The quantitative estimate of drug-likeness (QED) is 0.109. The van der Waals surface area contributed by atoms with Gasteiger partial charge in [0, 0.05) is 12.3 Å². The third-order valence-corrected chi connectivity index (χ3v) is 11.1. The Morgan fingerprint density at radius 3 is 2.00 bits per heavy atom. The van der Waals surface area contributed by atoms with Crippen LogP contribution in [0.4, 0.5) is 10.7 Å². The Morgan fingerprint density at radius 1 is 0.814 bits per heavy atom. The van der Waals surface area contributed by atoms with Gasteiger partial charge in [0.15, 0.2) is 11.2 Å². The molecule has 0 spiro atoms. The van der Waals surface area contributed by atoms with Crippen LogP contribution < -0.4 is 20.3 Å². The van der Waals surface area contributed by atoms with Crippen molar-refractivity contribution in [1.29, 1.82) is 0 Å². The van der Waals surface area contributed by atoms with E-state index in [2.05, 4.69) is 32.4 Å². The molecule has 1 aliphatic heterocycles. The Kier molecular flexibility index (Phi) is 10.1. The number of carbonyl (C=O) groups is 1. The zero-order chi connectivity index (χ0) is 40.5. The summed E-state index contributed by atoms with van der Waals surface area (Å²) < 4.78 is 31.7. The van der Waals surface area contributed by atoms with E-state index in [1.165, 1.54) is 6.33 Å². The van der Waals surface area contributed by atoms with Gasteiger partial charge in [0.1, 0.15) is 36.0 Å². The number of hydrogen-bond acceptors (Lipinski definition) is 10. The predicted octanol–water partition coefficient (Wildman–Crippen LogP) is 7.15. The predicted molar refractivity (Wildman–Crippen MR) is 220 cm³/mol. The third kappa shape index (κ3) is 6.99. The SMILES string of the molecule is COc1ccc(C(OC[C@H]2O[C@@H](n3cnc4c(=O)[nH]c(NC(=O)OCC5c6ccccc6-c6ccccc65)nc43)C[C@@H]2O)(c2ccccc2)c2ccc(OC)cc2)cc1. The number of methoxy groups -OCH3 is 2. The fraction of sp³-hybridized carbons (Fsp3) is 0.217. The number of ether oxygens (including phenoxy) is 5. The van der Waals surface area contributed by atoms with Crippen LogP contribution in [0.1, 0.15) is 46.4 Å². The Morgan fingerprint density at radius 2 is 1.39 bits per heavy atom. The van der Waals surface area contributed by atoms with Crippen molar-refractivity contribution in [1.82, 2.24) is 19.5 Å². The lowest BCUT2D eigenvalue weighted by atomic mass is 9.80. The number of aromatic nitrogens is 4. The molecule has 1 aliphatic carbocycles. The summed E-state index contributed by atoms with van der Waals surface area (Å²) in [5, 5.41) is 14.0. The molecule has 298 valence electrons. The van der Waals surface area contributed by atoms with E-state index in [9.17, 15) is 14.7 Å². The Hall–Kier alpha value is -6.80. The molecule has 13 heteroatoms. The molecule has 2 aliphatic rings. The van der Waals surface area contributed by atoms with Gasteiger partial charge in [0.25, 0.3) is 5.56 Å². The molecule has 2 aromatic heterocycles. The van der Waals surface area contributed by atoms with Crippen molar-refractivity contribution < 1.29 is 33.6 Å². The molecule has 59 heavy (non-hydrogen) atoms. The van der Waals surface area contributed by atoms with Gasteiger partial charge in [-0.25, -0.2) is 9.78 Å². The Balaban J connectivity index is 0.946. The van der Waals surface area contributed by atoms with E-state index in [0.29, 0.717) is 11.5 Å². The normalized spacial score (nSPS) is 17.4. The highest BCUT2D eigenvalue weighted by molar-refractivity contribution is 5.84. The van der Waals surface area contributed by atoms with Gasteiger partial charge in [-0.3, -0.25) is 19.7 Å². The summed E-state index contributed by atoms with van der Waals surface area (Å²) in [7, 11) is 3.23. The standard InChI is InChI=1S/C46H41N5O8/c1-55-31-20-16-29(17-21-31)46(28-10-4-3-5-11-28,30-18-22-32(56-2)23-19-30)58-26-39-38(52)24-40(59-39)51-27-47-41-42(51)48-44(49-43(41)53)50-45(54)57-25-37-35-14-8-6-12-33(35)34-13-7-9-15-36(34)37/h3-23,27,37-40,52H,24-26H2,1-2H3,(H2,48,49,50,53,54)/t38-,39+,40+/m0/s1. The van der Waals surface area contributed by atoms with Crippen LogP contribution in [0.15, 0.2) is 139 Å². The van der Waals surface area contributed by atoms with E-state index in [1.807, 2.05) is 115 Å². The second-order valence-corrected chi connectivity index (χ2v) is 14.4. The lowest BCUT2D eigenvalue weighted by molar-refractivity contribution is -0.0931. The summed E-state index contributed by atoms with van der Waals surface area (Å²) in [5.41, 5.74) is 5.42. The van der Waals surface area contributed by atoms with Crippen molar-refractivity contribution in [2.45, 2.75) is 36.4 Å². The van der Waals surface area contributed by atoms with Crippen LogP contribution in [-0.2, 0) is 19.8 Å². The van der Waals surface area contributed by atoms with Gasteiger partial charge in [0.2, 0.25) is 5.95 Å². The van der Waals surface area contributed by atoms with Gasteiger partial charge >= 0.3 is 6.09 Å².